The van der Waals surface area contributed by atoms with E-state index in [9.17, 15) is 14.4 Å². The summed E-state index contributed by atoms with van der Waals surface area (Å²) in [7, 11) is 0. The Morgan fingerprint density at radius 1 is 1.10 bits per heavy atom. The maximum absolute atomic E-state index is 12.8. The highest BCUT2D eigenvalue weighted by Crippen LogP contribution is 2.40. The van der Waals surface area contributed by atoms with E-state index in [0.29, 0.717) is 41.3 Å². The van der Waals surface area contributed by atoms with Crippen LogP contribution in [-0.2, 0) is 14.4 Å². The predicted molar refractivity (Wildman–Crippen MR) is 78.6 cm³/mol. The van der Waals surface area contributed by atoms with Gasteiger partial charge in [-0.25, -0.2) is 0 Å². The van der Waals surface area contributed by atoms with Crippen molar-refractivity contribution in [3.63, 3.8) is 0 Å². The van der Waals surface area contributed by atoms with Crippen molar-refractivity contribution in [3.05, 3.63) is 33.8 Å². The number of amides is 1. The third-order valence-electron chi connectivity index (χ3n) is 4.29. The van der Waals surface area contributed by atoms with Gasteiger partial charge >= 0.3 is 0 Å². The molecule has 0 radical (unpaired) electrons. The van der Waals surface area contributed by atoms with Gasteiger partial charge in [0.2, 0.25) is 5.91 Å². The van der Waals surface area contributed by atoms with Crippen LogP contribution in [0.4, 0.5) is 0 Å². The minimum absolute atomic E-state index is 0.135. The topological polar surface area (TPSA) is 63.2 Å². The van der Waals surface area contributed by atoms with Crippen LogP contribution in [0.15, 0.2) is 18.2 Å². The zero-order chi connectivity index (χ0) is 15.2. The van der Waals surface area contributed by atoms with E-state index >= 15 is 0 Å². The lowest BCUT2D eigenvalue weighted by molar-refractivity contribution is -0.127. The summed E-state index contributed by atoms with van der Waals surface area (Å²) >= 11 is 12.0. The zero-order valence-corrected chi connectivity index (χ0v) is 12.6. The molecule has 0 aromatic heterocycles. The van der Waals surface area contributed by atoms with Gasteiger partial charge in [0.1, 0.15) is 17.2 Å². The molecule has 1 saturated heterocycles. The molecule has 110 valence electrons. The number of benzene rings is 1. The minimum atomic E-state index is -0.914. The van der Waals surface area contributed by atoms with Crippen LogP contribution in [0.25, 0.3) is 0 Å². The van der Waals surface area contributed by atoms with Gasteiger partial charge in [0.15, 0.2) is 5.78 Å². The molecular weight excluding hydrogens is 313 g/mol. The van der Waals surface area contributed by atoms with Gasteiger partial charge in [0.05, 0.1) is 0 Å². The Hall–Kier alpha value is -1.39. The van der Waals surface area contributed by atoms with Gasteiger partial charge in [-0.2, -0.15) is 0 Å². The fourth-order valence-electron chi connectivity index (χ4n) is 3.11. The van der Waals surface area contributed by atoms with Crippen molar-refractivity contribution in [2.75, 3.05) is 0 Å². The molecule has 1 N–H and O–H groups in total. The standard InChI is InChI=1S/C15H13Cl2NO3/c16-8-1-2-10(11(17)7-8)12-13(20)15(18-14(12)21)5-3-9(19)4-6-15/h1-2,7,12H,3-6H2,(H,18,21). The highest BCUT2D eigenvalue weighted by atomic mass is 35.5. The van der Waals surface area contributed by atoms with Crippen LogP contribution < -0.4 is 5.32 Å². The number of carbonyl (C=O) groups is 3. The summed E-state index contributed by atoms with van der Waals surface area (Å²) in [5.74, 6) is -1.32. The van der Waals surface area contributed by atoms with E-state index in [-0.39, 0.29) is 17.5 Å². The number of nitrogens with one attached hydrogen (secondary N) is 1. The van der Waals surface area contributed by atoms with Gasteiger partial charge in [0, 0.05) is 22.9 Å². The summed E-state index contributed by atoms with van der Waals surface area (Å²) in [6, 6.07) is 4.74. The third-order valence-corrected chi connectivity index (χ3v) is 4.86. The normalized spacial score (nSPS) is 24.5. The first-order valence-corrected chi connectivity index (χ1v) is 7.51. The number of hydrogen-bond acceptors (Lipinski definition) is 3. The molecule has 1 saturated carbocycles. The lowest BCUT2D eigenvalue weighted by atomic mass is 9.76. The average molecular weight is 326 g/mol. The van der Waals surface area contributed by atoms with Crippen LogP contribution in [0.5, 0.6) is 0 Å². The molecule has 2 fully saturated rings. The zero-order valence-electron chi connectivity index (χ0n) is 11.1. The average Bonchev–Trinajstić information content (AvgIpc) is 2.66. The number of ketones is 2. The Balaban J connectivity index is 1.96. The highest BCUT2D eigenvalue weighted by molar-refractivity contribution is 6.36. The first kappa shape index (κ1) is 14.5. The molecule has 21 heavy (non-hydrogen) atoms. The molecule has 1 aliphatic carbocycles. The fraction of sp³-hybridized carbons (Fsp3) is 0.400. The highest BCUT2D eigenvalue weighted by Gasteiger charge is 2.54. The summed E-state index contributed by atoms with van der Waals surface area (Å²) in [6.45, 7) is 0. The van der Waals surface area contributed by atoms with Gasteiger partial charge < -0.3 is 5.32 Å². The van der Waals surface area contributed by atoms with E-state index in [4.69, 9.17) is 23.2 Å². The molecule has 0 bridgehead atoms. The van der Waals surface area contributed by atoms with Crippen molar-refractivity contribution >= 4 is 40.7 Å². The number of hydrogen-bond donors (Lipinski definition) is 1. The maximum Gasteiger partial charge on any atom is 0.236 e. The first-order chi connectivity index (χ1) is 9.93. The van der Waals surface area contributed by atoms with Crippen LogP contribution in [0, 0.1) is 0 Å². The molecule has 2 aliphatic rings. The third kappa shape index (κ3) is 2.36. The second kappa shape index (κ2) is 5.11. The maximum atomic E-state index is 12.8. The Morgan fingerprint density at radius 3 is 2.38 bits per heavy atom. The number of Topliss-reactive ketones (excluding diaryl/α,β-unsaturated/α-hetero) is 2. The summed E-state index contributed by atoms with van der Waals surface area (Å²) in [4.78, 5) is 36.4. The smallest absolute Gasteiger partial charge is 0.236 e. The van der Waals surface area contributed by atoms with E-state index < -0.39 is 11.5 Å². The van der Waals surface area contributed by atoms with Crippen LogP contribution in [-0.4, -0.2) is 23.0 Å². The van der Waals surface area contributed by atoms with Crippen molar-refractivity contribution in [3.8, 4) is 0 Å². The quantitative estimate of drug-likeness (QED) is 0.807. The van der Waals surface area contributed by atoms with E-state index in [1.54, 1.807) is 12.1 Å². The van der Waals surface area contributed by atoms with Gasteiger partial charge in [-0.15, -0.1) is 0 Å². The van der Waals surface area contributed by atoms with Crippen LogP contribution in [0.2, 0.25) is 10.0 Å². The minimum Gasteiger partial charge on any atom is -0.343 e. The van der Waals surface area contributed by atoms with Crippen molar-refractivity contribution in [1.82, 2.24) is 5.32 Å². The molecule has 3 rings (SSSR count). The molecule has 1 amide bonds. The van der Waals surface area contributed by atoms with Crippen molar-refractivity contribution in [1.29, 1.82) is 0 Å². The molecule has 1 aliphatic heterocycles. The van der Waals surface area contributed by atoms with E-state index in [0.717, 1.165) is 0 Å². The van der Waals surface area contributed by atoms with Crippen molar-refractivity contribution in [2.45, 2.75) is 37.1 Å². The summed E-state index contributed by atoms with van der Waals surface area (Å²) < 4.78 is 0. The Morgan fingerprint density at radius 2 is 1.76 bits per heavy atom. The summed E-state index contributed by atoms with van der Waals surface area (Å²) in [6.07, 6.45) is 1.40. The van der Waals surface area contributed by atoms with Gasteiger partial charge in [-0.05, 0) is 30.5 Å². The Kier molecular flexibility index (Phi) is 3.54. The first-order valence-electron chi connectivity index (χ1n) is 6.76. The van der Waals surface area contributed by atoms with Crippen LogP contribution in [0.1, 0.15) is 37.2 Å². The van der Waals surface area contributed by atoms with Crippen LogP contribution in [0.3, 0.4) is 0 Å². The van der Waals surface area contributed by atoms with Gasteiger partial charge in [-0.3, -0.25) is 14.4 Å². The predicted octanol–water partition coefficient (Wildman–Crippen LogP) is 2.66. The summed E-state index contributed by atoms with van der Waals surface area (Å²) in [5.41, 5.74) is -0.434. The number of rotatable bonds is 1. The lowest BCUT2D eigenvalue weighted by Gasteiger charge is -2.30. The van der Waals surface area contributed by atoms with Crippen molar-refractivity contribution in [2.24, 2.45) is 0 Å². The van der Waals surface area contributed by atoms with E-state index in [1.165, 1.54) is 6.07 Å². The molecule has 1 aromatic carbocycles. The SMILES string of the molecule is O=C1CCC2(CC1)NC(=O)C(c1ccc(Cl)cc1Cl)C2=O. The molecule has 1 spiro atoms. The van der Waals surface area contributed by atoms with E-state index in [2.05, 4.69) is 5.32 Å². The number of halogens is 2. The van der Waals surface area contributed by atoms with Gasteiger partial charge in [-0.1, -0.05) is 29.3 Å². The molecular formula is C15H13Cl2NO3. The van der Waals surface area contributed by atoms with Crippen molar-refractivity contribution < 1.29 is 14.4 Å². The molecule has 1 atom stereocenters. The van der Waals surface area contributed by atoms with Gasteiger partial charge in [0.25, 0.3) is 0 Å². The summed E-state index contributed by atoms with van der Waals surface area (Å²) in [5, 5.41) is 3.55. The van der Waals surface area contributed by atoms with Crippen LogP contribution >= 0.6 is 23.2 Å². The molecule has 1 aromatic rings. The molecule has 1 unspecified atom stereocenters. The fourth-order valence-corrected chi connectivity index (χ4v) is 3.63. The molecule has 6 heteroatoms. The largest absolute Gasteiger partial charge is 0.343 e. The van der Waals surface area contributed by atoms with E-state index in [1.807, 2.05) is 0 Å². The lowest BCUT2D eigenvalue weighted by Crippen LogP contribution is -2.49. The monoisotopic (exact) mass is 325 g/mol. The molecule has 1 heterocycles. The Labute approximate surface area is 131 Å². The molecule has 4 nitrogen and oxygen atoms in total. The number of carbonyl (C=O) groups excluding carboxylic acids is 3. The Bertz CT molecular complexity index is 646. The second-order valence-electron chi connectivity index (χ2n) is 5.57. The second-order valence-corrected chi connectivity index (χ2v) is 6.42.